The molecule has 0 radical (unpaired) electrons. The second-order valence-corrected chi connectivity index (χ2v) is 4.49. The van der Waals surface area contributed by atoms with E-state index in [1.165, 1.54) is 18.2 Å². The van der Waals surface area contributed by atoms with E-state index in [1.807, 2.05) is 0 Å². The number of hydrogen-bond acceptors (Lipinski definition) is 4. The summed E-state index contributed by atoms with van der Waals surface area (Å²) >= 11 is 0. The summed E-state index contributed by atoms with van der Waals surface area (Å²) in [7, 11) is 0. The van der Waals surface area contributed by atoms with E-state index >= 15 is 0 Å². The van der Waals surface area contributed by atoms with Crippen LogP contribution in [0.1, 0.15) is 40.0 Å². The number of rotatable bonds is 0. The number of benzene rings is 1. The Bertz CT molecular complexity index is 637. The van der Waals surface area contributed by atoms with Crippen LogP contribution in [0, 0.1) is 0 Å². The summed E-state index contributed by atoms with van der Waals surface area (Å²) in [4.78, 5) is 36.3. The largest absolute Gasteiger partial charge is 0.507 e. The van der Waals surface area contributed by atoms with Gasteiger partial charge in [0, 0.05) is 17.6 Å². The Morgan fingerprint density at radius 2 is 1.78 bits per heavy atom. The van der Waals surface area contributed by atoms with Crippen LogP contribution in [0.2, 0.25) is 0 Å². The van der Waals surface area contributed by atoms with E-state index in [9.17, 15) is 19.5 Å². The Kier molecular flexibility index (Phi) is 2.20. The molecule has 0 spiro atoms. The molecule has 0 heterocycles. The van der Waals surface area contributed by atoms with Gasteiger partial charge in [-0.2, -0.15) is 0 Å². The maximum absolute atomic E-state index is 12.2. The third-order valence-corrected chi connectivity index (χ3v) is 3.43. The van der Waals surface area contributed by atoms with Gasteiger partial charge in [0.1, 0.15) is 5.75 Å². The lowest BCUT2D eigenvalue weighted by molar-refractivity contribution is -0.115. The number of aromatic hydroxyl groups is 1. The molecule has 1 aromatic rings. The van der Waals surface area contributed by atoms with Crippen LogP contribution in [0.15, 0.2) is 29.3 Å². The van der Waals surface area contributed by atoms with Gasteiger partial charge in [0.15, 0.2) is 11.6 Å². The number of Topliss-reactive ketones (excluding diaryl/α,β-unsaturated/α-hetero) is 3. The van der Waals surface area contributed by atoms with Gasteiger partial charge in [0.25, 0.3) is 0 Å². The quantitative estimate of drug-likeness (QED) is 0.704. The number of ketones is 3. The average molecular weight is 242 g/mol. The fourth-order valence-electron chi connectivity index (χ4n) is 2.59. The smallest absolute Gasteiger partial charge is 0.201 e. The lowest BCUT2D eigenvalue weighted by atomic mass is 9.76. The van der Waals surface area contributed by atoms with E-state index in [-0.39, 0.29) is 34.0 Å². The molecule has 18 heavy (non-hydrogen) atoms. The van der Waals surface area contributed by atoms with Gasteiger partial charge < -0.3 is 5.11 Å². The van der Waals surface area contributed by atoms with Crippen molar-refractivity contribution in [3.05, 3.63) is 40.5 Å². The lowest BCUT2D eigenvalue weighted by Crippen LogP contribution is -2.29. The van der Waals surface area contributed by atoms with Gasteiger partial charge in [-0.3, -0.25) is 14.4 Å². The number of phenolic OH excluding ortho intramolecular Hbond substituents is 1. The number of phenols is 1. The van der Waals surface area contributed by atoms with Crippen molar-refractivity contribution in [2.24, 2.45) is 0 Å². The minimum Gasteiger partial charge on any atom is -0.507 e. The Balaban J connectivity index is 2.30. The first-order valence-electron chi connectivity index (χ1n) is 5.79. The normalized spacial score (nSPS) is 18.8. The number of hydrogen-bond donors (Lipinski definition) is 1. The van der Waals surface area contributed by atoms with E-state index in [2.05, 4.69) is 0 Å². The average Bonchev–Trinajstić information content (AvgIpc) is 2.35. The van der Waals surface area contributed by atoms with Crippen LogP contribution in [0.4, 0.5) is 0 Å². The third-order valence-electron chi connectivity index (χ3n) is 3.43. The molecule has 0 aromatic heterocycles. The second kappa shape index (κ2) is 3.63. The molecule has 2 aliphatic carbocycles. The predicted octanol–water partition coefficient (Wildman–Crippen LogP) is 1.82. The highest BCUT2D eigenvalue weighted by Gasteiger charge is 2.38. The molecule has 0 saturated heterocycles. The maximum Gasteiger partial charge on any atom is 0.201 e. The van der Waals surface area contributed by atoms with Gasteiger partial charge in [0.05, 0.1) is 11.1 Å². The Morgan fingerprint density at radius 3 is 2.56 bits per heavy atom. The molecule has 0 aliphatic heterocycles. The minimum atomic E-state index is -0.512. The standard InChI is InChI=1S/C14H10O4/c15-9-5-1-3-7-11(9)14(18)12-8(13(7)17)4-2-6-10(12)16/h1,3,5,15H,2,4,6H2. The van der Waals surface area contributed by atoms with E-state index in [1.54, 1.807) is 0 Å². The molecule has 4 nitrogen and oxygen atoms in total. The van der Waals surface area contributed by atoms with Crippen molar-refractivity contribution < 1.29 is 19.5 Å². The molecule has 0 atom stereocenters. The van der Waals surface area contributed by atoms with E-state index in [0.29, 0.717) is 24.8 Å². The fraction of sp³-hybridized carbons (Fsp3) is 0.214. The molecule has 90 valence electrons. The van der Waals surface area contributed by atoms with Crippen LogP contribution in [-0.2, 0) is 4.79 Å². The fourth-order valence-corrected chi connectivity index (χ4v) is 2.59. The zero-order valence-corrected chi connectivity index (χ0v) is 9.53. The van der Waals surface area contributed by atoms with Gasteiger partial charge in [0.2, 0.25) is 5.78 Å². The third kappa shape index (κ3) is 1.29. The van der Waals surface area contributed by atoms with Crippen LogP contribution < -0.4 is 0 Å². The van der Waals surface area contributed by atoms with Crippen LogP contribution in [0.25, 0.3) is 0 Å². The molecule has 0 unspecified atom stereocenters. The van der Waals surface area contributed by atoms with E-state index in [4.69, 9.17) is 0 Å². The summed E-state index contributed by atoms with van der Waals surface area (Å²) in [5.41, 5.74) is 0.472. The van der Waals surface area contributed by atoms with Crippen molar-refractivity contribution in [2.75, 3.05) is 0 Å². The molecule has 0 fully saturated rings. The van der Waals surface area contributed by atoms with Crippen LogP contribution in [-0.4, -0.2) is 22.5 Å². The Labute approximate surface area is 103 Å². The van der Waals surface area contributed by atoms with Crippen molar-refractivity contribution in [2.45, 2.75) is 19.3 Å². The number of carbonyl (C=O) groups excluding carboxylic acids is 3. The Hall–Kier alpha value is -2.23. The maximum atomic E-state index is 12.2. The topological polar surface area (TPSA) is 71.4 Å². The highest BCUT2D eigenvalue weighted by Crippen LogP contribution is 2.36. The molecule has 0 bridgehead atoms. The summed E-state index contributed by atoms with van der Waals surface area (Å²) in [5.74, 6) is -1.34. The number of fused-ring (bicyclic) bond motifs is 1. The van der Waals surface area contributed by atoms with E-state index in [0.717, 1.165) is 0 Å². The summed E-state index contributed by atoms with van der Waals surface area (Å²) < 4.78 is 0. The molecule has 1 N–H and O–H groups in total. The SMILES string of the molecule is O=C1CCCC2=C1C(=O)c1c(O)cccc1C2=O. The van der Waals surface area contributed by atoms with Crippen LogP contribution in [0.3, 0.4) is 0 Å². The van der Waals surface area contributed by atoms with Crippen molar-refractivity contribution in [3.8, 4) is 5.75 Å². The molecule has 2 aliphatic rings. The first-order chi connectivity index (χ1) is 8.61. The van der Waals surface area contributed by atoms with Crippen LogP contribution in [0.5, 0.6) is 5.75 Å². The van der Waals surface area contributed by atoms with E-state index < -0.39 is 5.78 Å². The molecule has 3 rings (SSSR count). The van der Waals surface area contributed by atoms with Crippen molar-refractivity contribution in [3.63, 3.8) is 0 Å². The first-order valence-corrected chi connectivity index (χ1v) is 5.79. The van der Waals surface area contributed by atoms with Gasteiger partial charge in [-0.1, -0.05) is 12.1 Å². The van der Waals surface area contributed by atoms with Crippen molar-refractivity contribution in [1.82, 2.24) is 0 Å². The first kappa shape index (κ1) is 10.9. The minimum absolute atomic E-state index is 0.0137. The molecular weight excluding hydrogens is 232 g/mol. The summed E-state index contributed by atoms with van der Waals surface area (Å²) in [5, 5.41) is 9.71. The number of allylic oxidation sites excluding steroid dienone is 2. The monoisotopic (exact) mass is 242 g/mol. The zero-order valence-electron chi connectivity index (χ0n) is 9.53. The molecule has 0 saturated carbocycles. The summed E-state index contributed by atoms with van der Waals surface area (Å²) in [6.45, 7) is 0. The number of carbonyl (C=O) groups is 3. The second-order valence-electron chi connectivity index (χ2n) is 4.49. The predicted molar refractivity (Wildman–Crippen MR) is 62.7 cm³/mol. The molecular formula is C14H10O4. The molecule has 0 amide bonds. The summed E-state index contributed by atoms with van der Waals surface area (Å²) in [6.07, 6.45) is 1.35. The highest BCUT2D eigenvalue weighted by molar-refractivity contribution is 6.37. The zero-order chi connectivity index (χ0) is 12.9. The molecule has 1 aromatic carbocycles. The van der Waals surface area contributed by atoms with Crippen molar-refractivity contribution in [1.29, 1.82) is 0 Å². The van der Waals surface area contributed by atoms with Gasteiger partial charge >= 0.3 is 0 Å². The van der Waals surface area contributed by atoms with Crippen molar-refractivity contribution >= 4 is 17.3 Å². The van der Waals surface area contributed by atoms with Gasteiger partial charge in [-0.25, -0.2) is 0 Å². The van der Waals surface area contributed by atoms with Gasteiger partial charge in [-0.15, -0.1) is 0 Å². The summed E-state index contributed by atoms with van der Waals surface area (Å²) in [6, 6.07) is 4.39. The Morgan fingerprint density at radius 1 is 1.00 bits per heavy atom. The van der Waals surface area contributed by atoms with Gasteiger partial charge in [-0.05, 0) is 18.9 Å². The van der Waals surface area contributed by atoms with Crippen LogP contribution >= 0.6 is 0 Å². The molecule has 4 heteroatoms. The lowest BCUT2D eigenvalue weighted by Gasteiger charge is -2.23. The highest BCUT2D eigenvalue weighted by atomic mass is 16.3.